The molecule has 2 atom stereocenters. The van der Waals surface area contributed by atoms with E-state index < -0.39 is 11.0 Å². The highest BCUT2D eigenvalue weighted by Gasteiger charge is 2.37. The van der Waals surface area contributed by atoms with Crippen molar-refractivity contribution in [2.24, 2.45) is 11.1 Å². The van der Waals surface area contributed by atoms with E-state index in [0.717, 1.165) is 33.8 Å². The zero-order chi connectivity index (χ0) is 23.5. The number of nitrogens with one attached hydrogen (secondary N) is 2. The Bertz CT molecular complexity index is 1100. The van der Waals surface area contributed by atoms with Gasteiger partial charge in [-0.3, -0.25) is 0 Å². The van der Waals surface area contributed by atoms with Crippen LogP contribution in [0.4, 0.5) is 0 Å². The molecule has 0 saturated heterocycles. The van der Waals surface area contributed by atoms with Crippen LogP contribution in [0, 0.1) is 41.9 Å². The molecule has 6 nitrogen and oxygen atoms in total. The molecular formula is C26H31N5O. The van der Waals surface area contributed by atoms with Gasteiger partial charge in [-0.25, -0.2) is 0 Å². The summed E-state index contributed by atoms with van der Waals surface area (Å²) in [5, 5.41) is 25.3. The van der Waals surface area contributed by atoms with Crippen molar-refractivity contribution >= 4 is 0 Å². The molecule has 0 heterocycles. The van der Waals surface area contributed by atoms with E-state index in [1.165, 1.54) is 0 Å². The second kappa shape index (κ2) is 8.94. The topological polar surface area (TPSA) is 107 Å². The molecule has 6 heteroatoms. The first-order chi connectivity index (χ1) is 15.1. The van der Waals surface area contributed by atoms with Crippen molar-refractivity contribution in [3.8, 4) is 17.9 Å². The Balaban J connectivity index is 1.91. The number of benzene rings is 1. The molecule has 0 amide bonds. The highest BCUT2D eigenvalue weighted by Crippen LogP contribution is 2.38. The lowest BCUT2D eigenvalue weighted by atomic mass is 9.83. The molecule has 0 fully saturated rings. The summed E-state index contributed by atoms with van der Waals surface area (Å²) in [4.78, 5) is 0. The summed E-state index contributed by atoms with van der Waals surface area (Å²) in [5.41, 5.74) is 11.3. The molecule has 0 aliphatic heterocycles. The predicted molar refractivity (Wildman–Crippen MR) is 126 cm³/mol. The Morgan fingerprint density at radius 2 is 1.88 bits per heavy atom. The molecule has 1 aromatic carbocycles. The summed E-state index contributed by atoms with van der Waals surface area (Å²) in [7, 11) is 1.90. The SMILES string of the molecule is CNCC1=CC(N)=C(NC2=CCC(C)(C#N)C=C2)CC1(C)Oc1c(C)cc(C#N)cc1C. The molecule has 0 bridgehead atoms. The number of rotatable bonds is 6. The Labute approximate surface area is 190 Å². The molecule has 0 aromatic heterocycles. The lowest BCUT2D eigenvalue weighted by Gasteiger charge is -2.38. The van der Waals surface area contributed by atoms with Crippen LogP contribution in [0.5, 0.6) is 5.75 Å². The van der Waals surface area contributed by atoms with Crippen LogP contribution in [0.3, 0.4) is 0 Å². The van der Waals surface area contributed by atoms with Gasteiger partial charge in [0.05, 0.1) is 28.8 Å². The average Bonchev–Trinajstić information content (AvgIpc) is 2.76. The van der Waals surface area contributed by atoms with Gasteiger partial charge < -0.3 is 21.1 Å². The van der Waals surface area contributed by atoms with Gasteiger partial charge in [-0.2, -0.15) is 10.5 Å². The van der Waals surface area contributed by atoms with Crippen LogP contribution in [0.1, 0.15) is 43.4 Å². The van der Waals surface area contributed by atoms with Crippen molar-refractivity contribution in [2.75, 3.05) is 13.6 Å². The number of aryl methyl sites for hydroxylation is 2. The number of hydrogen-bond acceptors (Lipinski definition) is 6. The average molecular weight is 430 g/mol. The summed E-state index contributed by atoms with van der Waals surface area (Å²) in [5.74, 6) is 0.787. The van der Waals surface area contributed by atoms with Crippen LogP contribution in [0.15, 0.2) is 59.1 Å². The molecular weight excluding hydrogens is 398 g/mol. The number of nitrogens with two attached hydrogens (primary N) is 1. The Morgan fingerprint density at radius 1 is 1.19 bits per heavy atom. The third-order valence-corrected chi connectivity index (χ3v) is 6.08. The van der Waals surface area contributed by atoms with Gasteiger partial charge >= 0.3 is 0 Å². The highest BCUT2D eigenvalue weighted by molar-refractivity contribution is 5.49. The maximum atomic E-state index is 9.34. The molecule has 2 aliphatic rings. The maximum absolute atomic E-state index is 9.34. The summed E-state index contributed by atoms with van der Waals surface area (Å²) < 4.78 is 6.66. The van der Waals surface area contributed by atoms with Crippen molar-refractivity contribution in [3.63, 3.8) is 0 Å². The minimum atomic E-state index is -0.627. The fourth-order valence-corrected chi connectivity index (χ4v) is 4.11. The maximum Gasteiger partial charge on any atom is 0.134 e. The van der Waals surface area contributed by atoms with Gasteiger partial charge in [-0.05, 0) is 82.1 Å². The molecule has 2 unspecified atom stereocenters. The number of hydrogen-bond donors (Lipinski definition) is 3. The predicted octanol–water partition coefficient (Wildman–Crippen LogP) is 4.00. The van der Waals surface area contributed by atoms with Gasteiger partial charge in [0, 0.05) is 24.4 Å². The van der Waals surface area contributed by atoms with Crippen molar-refractivity contribution in [3.05, 3.63) is 75.8 Å². The van der Waals surface area contributed by atoms with Crippen LogP contribution >= 0.6 is 0 Å². The molecule has 166 valence electrons. The Hall–Kier alpha value is -3.48. The fraction of sp³-hybridized carbons (Fsp3) is 0.385. The fourth-order valence-electron chi connectivity index (χ4n) is 4.11. The smallest absolute Gasteiger partial charge is 0.134 e. The normalized spacial score (nSPS) is 24.8. The zero-order valence-corrected chi connectivity index (χ0v) is 19.5. The van der Waals surface area contributed by atoms with E-state index in [-0.39, 0.29) is 0 Å². The minimum Gasteiger partial charge on any atom is -0.482 e. The van der Waals surface area contributed by atoms with E-state index in [2.05, 4.69) is 29.7 Å². The third kappa shape index (κ3) is 4.72. The van der Waals surface area contributed by atoms with Crippen molar-refractivity contribution in [2.45, 2.75) is 46.1 Å². The van der Waals surface area contributed by atoms with Gasteiger partial charge in [0.15, 0.2) is 0 Å². The van der Waals surface area contributed by atoms with Gasteiger partial charge in [0.1, 0.15) is 11.4 Å². The Morgan fingerprint density at radius 3 is 2.41 bits per heavy atom. The van der Waals surface area contributed by atoms with Gasteiger partial charge in [-0.1, -0.05) is 12.2 Å². The summed E-state index contributed by atoms with van der Waals surface area (Å²) >= 11 is 0. The van der Waals surface area contributed by atoms with Crippen molar-refractivity contribution in [1.82, 2.24) is 10.6 Å². The number of allylic oxidation sites excluding steroid dienone is 4. The van der Waals surface area contributed by atoms with Crippen LogP contribution < -0.4 is 21.1 Å². The van der Waals surface area contributed by atoms with Crippen LogP contribution in [0.25, 0.3) is 0 Å². The van der Waals surface area contributed by atoms with Crippen LogP contribution in [0.2, 0.25) is 0 Å². The largest absolute Gasteiger partial charge is 0.482 e. The van der Waals surface area contributed by atoms with E-state index in [9.17, 15) is 10.5 Å². The Kier molecular flexibility index (Phi) is 6.48. The summed E-state index contributed by atoms with van der Waals surface area (Å²) in [6, 6.07) is 8.24. The quantitative estimate of drug-likeness (QED) is 0.631. The van der Waals surface area contributed by atoms with Gasteiger partial charge in [-0.15, -0.1) is 0 Å². The molecule has 1 aromatic rings. The number of ether oxygens (including phenoxy) is 1. The van der Waals surface area contributed by atoms with E-state index in [0.29, 0.717) is 30.6 Å². The molecule has 3 rings (SSSR count). The van der Waals surface area contributed by atoms with Gasteiger partial charge in [0.2, 0.25) is 0 Å². The van der Waals surface area contributed by atoms with Crippen molar-refractivity contribution < 1.29 is 4.74 Å². The molecule has 2 aliphatic carbocycles. The standard InChI is InChI=1S/C26H31N5O/c1-17-10-19(14-27)11-18(2)24(17)32-26(4)13-23(22(29)12-20(26)15-30-5)31-21-6-8-25(3,16-28)9-7-21/h6-8,10-12,30-31H,9,13,15,29H2,1-5H3. The first-order valence-corrected chi connectivity index (χ1v) is 10.8. The molecule has 0 saturated carbocycles. The minimum absolute atomic E-state index is 0.472. The molecule has 0 radical (unpaired) electrons. The first kappa shape index (κ1) is 23.2. The second-order valence-electron chi connectivity index (χ2n) is 9.05. The summed E-state index contributed by atoms with van der Waals surface area (Å²) in [6.45, 7) is 8.56. The molecule has 0 spiro atoms. The highest BCUT2D eigenvalue weighted by atomic mass is 16.5. The second-order valence-corrected chi connectivity index (χ2v) is 9.05. The van der Waals surface area contributed by atoms with Crippen LogP contribution in [-0.4, -0.2) is 19.2 Å². The van der Waals surface area contributed by atoms with Crippen LogP contribution in [-0.2, 0) is 0 Å². The van der Waals surface area contributed by atoms with Gasteiger partial charge in [0.25, 0.3) is 0 Å². The lowest BCUT2D eigenvalue weighted by Crippen LogP contribution is -2.43. The summed E-state index contributed by atoms with van der Waals surface area (Å²) in [6.07, 6.45) is 9.08. The number of nitrogens with zero attached hydrogens (tertiary/aromatic N) is 2. The van der Waals surface area contributed by atoms with E-state index in [4.69, 9.17) is 10.5 Å². The van der Waals surface area contributed by atoms with E-state index >= 15 is 0 Å². The monoisotopic (exact) mass is 429 g/mol. The molecule has 4 N–H and O–H groups in total. The number of nitriles is 2. The third-order valence-electron chi connectivity index (χ3n) is 6.08. The van der Waals surface area contributed by atoms with Crippen molar-refractivity contribution in [1.29, 1.82) is 10.5 Å². The number of likely N-dealkylation sites (N-methyl/N-ethyl adjacent to an activating group) is 1. The molecule has 32 heavy (non-hydrogen) atoms. The zero-order valence-electron chi connectivity index (χ0n) is 19.5. The lowest BCUT2D eigenvalue weighted by molar-refractivity contribution is 0.119. The van der Waals surface area contributed by atoms with E-state index in [1.807, 2.05) is 64.3 Å². The first-order valence-electron chi connectivity index (χ1n) is 10.8. The van der Waals surface area contributed by atoms with E-state index in [1.54, 1.807) is 0 Å².